The van der Waals surface area contributed by atoms with E-state index in [2.05, 4.69) is 29.5 Å². The van der Waals surface area contributed by atoms with Crippen LogP contribution in [0.5, 0.6) is 0 Å². The van der Waals surface area contributed by atoms with E-state index in [0.29, 0.717) is 0 Å². The van der Waals surface area contributed by atoms with Gasteiger partial charge in [-0.3, -0.25) is 4.90 Å². The molecule has 3 heteroatoms. The Kier molecular flexibility index (Phi) is 3.52. The molecule has 0 spiro atoms. The summed E-state index contributed by atoms with van der Waals surface area (Å²) in [6.45, 7) is 4.83. The van der Waals surface area contributed by atoms with E-state index in [9.17, 15) is 0 Å². The Morgan fingerprint density at radius 2 is 2.00 bits per heavy atom. The smallest absolute Gasteiger partial charge is 0.0414 e. The molecule has 1 heterocycles. The number of nitrogens with zero attached hydrogens (tertiary/aromatic N) is 2. The molecule has 0 aromatic rings. The maximum atomic E-state index is 4.25. The minimum absolute atomic E-state index is 0.911. The average molecular weight is 160 g/mol. The molecule has 2 nitrogen and oxygen atoms in total. The van der Waals surface area contributed by atoms with Gasteiger partial charge >= 0.3 is 0 Å². The van der Waals surface area contributed by atoms with Gasteiger partial charge in [-0.2, -0.15) is 12.6 Å². The zero-order valence-corrected chi connectivity index (χ0v) is 7.48. The van der Waals surface area contributed by atoms with Gasteiger partial charge in [0.1, 0.15) is 0 Å². The van der Waals surface area contributed by atoms with Crippen LogP contribution in [0.25, 0.3) is 0 Å². The first-order valence-corrected chi connectivity index (χ1v) is 4.48. The second kappa shape index (κ2) is 4.21. The molecule has 10 heavy (non-hydrogen) atoms. The second-order valence-electron chi connectivity index (χ2n) is 2.92. The minimum atomic E-state index is 0.911. The van der Waals surface area contributed by atoms with Crippen molar-refractivity contribution in [2.24, 2.45) is 0 Å². The van der Waals surface area contributed by atoms with Crippen LogP contribution in [0.3, 0.4) is 0 Å². The number of thiol groups is 1. The number of rotatable bonds is 1. The largest absolute Gasteiger partial charge is 0.305 e. The summed E-state index contributed by atoms with van der Waals surface area (Å²) in [7, 11) is 2.18. The van der Waals surface area contributed by atoms with Crippen molar-refractivity contribution in [1.29, 1.82) is 0 Å². The zero-order valence-electron chi connectivity index (χ0n) is 6.58. The van der Waals surface area contributed by atoms with Gasteiger partial charge in [-0.05, 0) is 20.0 Å². The van der Waals surface area contributed by atoms with Crippen LogP contribution in [0.2, 0.25) is 0 Å². The van der Waals surface area contributed by atoms with Gasteiger partial charge in [0.05, 0.1) is 0 Å². The Bertz CT molecular complexity index is 97.6. The van der Waals surface area contributed by atoms with Crippen molar-refractivity contribution in [3.8, 4) is 0 Å². The van der Waals surface area contributed by atoms with E-state index in [1.807, 2.05) is 0 Å². The Hall–Kier alpha value is 0.270. The summed E-state index contributed by atoms with van der Waals surface area (Å²) in [4.78, 5) is 4.76. The number of likely N-dealkylation sites (N-methyl/N-ethyl adjacent to an activating group) is 1. The van der Waals surface area contributed by atoms with E-state index in [1.165, 1.54) is 32.6 Å². The Labute approximate surface area is 68.6 Å². The quantitative estimate of drug-likeness (QED) is 0.558. The number of hydrogen-bond donors (Lipinski definition) is 1. The molecule has 1 rings (SSSR count). The van der Waals surface area contributed by atoms with Gasteiger partial charge in [0.25, 0.3) is 0 Å². The normalized spacial score (nSPS) is 24.6. The Morgan fingerprint density at radius 3 is 2.70 bits per heavy atom. The summed E-state index contributed by atoms with van der Waals surface area (Å²) >= 11 is 4.25. The van der Waals surface area contributed by atoms with Crippen molar-refractivity contribution >= 4 is 12.6 Å². The summed E-state index contributed by atoms with van der Waals surface area (Å²) in [5, 5.41) is 0. The maximum absolute atomic E-state index is 4.25. The molecule has 1 aliphatic rings. The second-order valence-corrected chi connectivity index (χ2v) is 3.20. The molecule has 0 amide bonds. The first-order valence-electron chi connectivity index (χ1n) is 3.84. The van der Waals surface area contributed by atoms with E-state index >= 15 is 0 Å². The van der Waals surface area contributed by atoms with Crippen molar-refractivity contribution in [3.05, 3.63) is 0 Å². The van der Waals surface area contributed by atoms with Gasteiger partial charge in [0, 0.05) is 25.5 Å². The van der Waals surface area contributed by atoms with Gasteiger partial charge in [0.15, 0.2) is 0 Å². The molecule has 1 saturated heterocycles. The standard InChI is InChI=1S/C7H16N2S/c1-8-3-2-4-9(7-10)6-5-8/h10H,2-7H2,1H3. The summed E-state index contributed by atoms with van der Waals surface area (Å²) in [5.41, 5.74) is 0. The van der Waals surface area contributed by atoms with Gasteiger partial charge < -0.3 is 4.90 Å². The highest BCUT2D eigenvalue weighted by atomic mass is 32.1. The van der Waals surface area contributed by atoms with E-state index in [-0.39, 0.29) is 0 Å². The first-order chi connectivity index (χ1) is 4.83. The zero-order chi connectivity index (χ0) is 7.40. The molecule has 60 valence electrons. The van der Waals surface area contributed by atoms with Crippen LogP contribution in [0, 0.1) is 0 Å². The summed E-state index contributed by atoms with van der Waals surface area (Å²) < 4.78 is 0. The molecule has 0 atom stereocenters. The van der Waals surface area contributed by atoms with Crippen LogP contribution in [-0.2, 0) is 0 Å². The summed E-state index contributed by atoms with van der Waals surface area (Å²) in [5.74, 6) is 0.911. The molecule has 0 aliphatic carbocycles. The fourth-order valence-electron chi connectivity index (χ4n) is 1.24. The fourth-order valence-corrected chi connectivity index (χ4v) is 1.52. The SMILES string of the molecule is CN1CCCN(CS)CC1. The van der Waals surface area contributed by atoms with Crippen molar-refractivity contribution < 1.29 is 0 Å². The third kappa shape index (κ3) is 2.48. The summed E-state index contributed by atoms with van der Waals surface area (Å²) in [6, 6.07) is 0. The molecular formula is C7H16N2S. The summed E-state index contributed by atoms with van der Waals surface area (Å²) in [6.07, 6.45) is 1.29. The lowest BCUT2D eigenvalue weighted by Gasteiger charge is -2.16. The van der Waals surface area contributed by atoms with E-state index < -0.39 is 0 Å². The van der Waals surface area contributed by atoms with Crippen LogP contribution in [0.4, 0.5) is 0 Å². The van der Waals surface area contributed by atoms with Crippen LogP contribution in [-0.4, -0.2) is 48.9 Å². The van der Waals surface area contributed by atoms with Crippen molar-refractivity contribution in [2.45, 2.75) is 6.42 Å². The van der Waals surface area contributed by atoms with Gasteiger partial charge in [-0.1, -0.05) is 0 Å². The molecule has 1 aliphatic heterocycles. The maximum Gasteiger partial charge on any atom is 0.0414 e. The highest BCUT2D eigenvalue weighted by Crippen LogP contribution is 2.00. The van der Waals surface area contributed by atoms with Gasteiger partial charge in [-0.15, -0.1) is 0 Å². The minimum Gasteiger partial charge on any atom is -0.305 e. The fraction of sp³-hybridized carbons (Fsp3) is 1.00. The van der Waals surface area contributed by atoms with Crippen molar-refractivity contribution in [2.75, 3.05) is 39.1 Å². The van der Waals surface area contributed by atoms with Crippen LogP contribution in [0.1, 0.15) is 6.42 Å². The molecule has 0 bridgehead atoms. The molecule has 0 aromatic heterocycles. The average Bonchev–Trinajstić information content (AvgIpc) is 2.14. The lowest BCUT2D eigenvalue weighted by Crippen LogP contribution is -2.27. The predicted molar refractivity (Wildman–Crippen MR) is 47.5 cm³/mol. The molecule has 0 N–H and O–H groups in total. The topological polar surface area (TPSA) is 6.48 Å². The monoisotopic (exact) mass is 160 g/mol. The van der Waals surface area contributed by atoms with Crippen molar-refractivity contribution in [3.63, 3.8) is 0 Å². The van der Waals surface area contributed by atoms with Crippen LogP contribution < -0.4 is 0 Å². The number of hydrogen-bond acceptors (Lipinski definition) is 3. The lowest BCUT2D eigenvalue weighted by molar-refractivity contribution is 0.313. The van der Waals surface area contributed by atoms with E-state index in [1.54, 1.807) is 0 Å². The van der Waals surface area contributed by atoms with E-state index in [4.69, 9.17) is 0 Å². The van der Waals surface area contributed by atoms with Crippen LogP contribution in [0.15, 0.2) is 0 Å². The third-order valence-electron chi connectivity index (χ3n) is 2.01. The predicted octanol–water partition coefficient (Wildman–Crippen LogP) is 0.511. The van der Waals surface area contributed by atoms with Crippen molar-refractivity contribution in [1.82, 2.24) is 9.80 Å². The molecule has 0 saturated carbocycles. The first kappa shape index (κ1) is 8.37. The molecular weight excluding hydrogens is 144 g/mol. The lowest BCUT2D eigenvalue weighted by atomic mass is 10.4. The van der Waals surface area contributed by atoms with Crippen LogP contribution >= 0.6 is 12.6 Å². The van der Waals surface area contributed by atoms with Gasteiger partial charge in [-0.25, -0.2) is 0 Å². The highest BCUT2D eigenvalue weighted by molar-refractivity contribution is 7.80. The van der Waals surface area contributed by atoms with E-state index in [0.717, 1.165) is 5.88 Å². The third-order valence-corrected chi connectivity index (χ3v) is 2.41. The Morgan fingerprint density at radius 1 is 1.20 bits per heavy atom. The molecule has 1 fully saturated rings. The highest BCUT2D eigenvalue weighted by Gasteiger charge is 2.09. The Balaban J connectivity index is 2.26. The molecule has 0 radical (unpaired) electrons. The molecule has 0 unspecified atom stereocenters. The molecule has 0 aromatic carbocycles. The van der Waals surface area contributed by atoms with Gasteiger partial charge in [0.2, 0.25) is 0 Å².